The first-order valence-corrected chi connectivity index (χ1v) is 9.94. The molecule has 1 aliphatic carbocycles. The fourth-order valence-electron chi connectivity index (χ4n) is 3.21. The van der Waals surface area contributed by atoms with E-state index in [1.807, 2.05) is 19.1 Å². The average Bonchev–Trinajstić information content (AvgIpc) is 3.21. The quantitative estimate of drug-likeness (QED) is 0.784. The summed E-state index contributed by atoms with van der Waals surface area (Å²) in [4.78, 5) is 28.2. The van der Waals surface area contributed by atoms with E-state index < -0.39 is 0 Å². The van der Waals surface area contributed by atoms with E-state index >= 15 is 0 Å². The van der Waals surface area contributed by atoms with E-state index in [9.17, 15) is 9.59 Å². The number of thiazole rings is 1. The van der Waals surface area contributed by atoms with Crippen molar-refractivity contribution in [3.05, 3.63) is 23.8 Å². The summed E-state index contributed by atoms with van der Waals surface area (Å²) in [6.07, 6.45) is 7.26. The lowest BCUT2D eigenvalue weighted by Crippen LogP contribution is -2.32. The number of anilines is 1. The van der Waals surface area contributed by atoms with Crippen LogP contribution in [-0.4, -0.2) is 22.8 Å². The molecule has 0 atom stereocenters. The van der Waals surface area contributed by atoms with Gasteiger partial charge in [0, 0.05) is 18.9 Å². The van der Waals surface area contributed by atoms with E-state index in [1.54, 1.807) is 0 Å². The van der Waals surface area contributed by atoms with E-state index in [0.29, 0.717) is 24.0 Å². The van der Waals surface area contributed by atoms with Crippen molar-refractivity contribution in [1.82, 2.24) is 10.3 Å². The molecule has 1 heterocycles. The topological polar surface area (TPSA) is 71.1 Å². The first-order chi connectivity index (χ1) is 12.1. The summed E-state index contributed by atoms with van der Waals surface area (Å²) in [5, 5.41) is 6.62. The zero-order valence-corrected chi connectivity index (χ0v) is 15.5. The molecule has 1 aromatic heterocycles. The predicted octanol–water partition coefficient (Wildman–Crippen LogP) is 4.03. The molecular weight excluding hydrogens is 334 g/mol. The smallest absolute Gasteiger partial charge is 0.226 e. The van der Waals surface area contributed by atoms with Gasteiger partial charge in [-0.2, -0.15) is 0 Å². The Balaban J connectivity index is 1.56. The first kappa shape index (κ1) is 17.9. The minimum Gasteiger partial charge on any atom is -0.353 e. The van der Waals surface area contributed by atoms with E-state index in [1.165, 1.54) is 24.2 Å². The lowest BCUT2D eigenvalue weighted by atomic mass is 10.1. The third-order valence-corrected chi connectivity index (χ3v) is 5.47. The molecule has 25 heavy (non-hydrogen) atoms. The van der Waals surface area contributed by atoms with Gasteiger partial charge in [0.05, 0.1) is 10.2 Å². The number of amides is 2. The second kappa shape index (κ2) is 8.43. The Morgan fingerprint density at radius 3 is 2.76 bits per heavy atom. The van der Waals surface area contributed by atoms with Gasteiger partial charge < -0.3 is 10.6 Å². The van der Waals surface area contributed by atoms with Crippen molar-refractivity contribution >= 4 is 38.5 Å². The summed E-state index contributed by atoms with van der Waals surface area (Å²) in [6.45, 7) is 1.98. The van der Waals surface area contributed by atoms with Gasteiger partial charge in [-0.25, -0.2) is 4.98 Å². The van der Waals surface area contributed by atoms with Crippen LogP contribution in [0, 0.1) is 0 Å². The highest BCUT2D eigenvalue weighted by Crippen LogP contribution is 2.27. The van der Waals surface area contributed by atoms with Crippen molar-refractivity contribution in [3.8, 4) is 0 Å². The number of fused-ring (bicyclic) bond motifs is 1. The molecule has 0 aliphatic heterocycles. The summed E-state index contributed by atoms with van der Waals surface area (Å²) in [6, 6.07) is 6.44. The second-order valence-electron chi connectivity index (χ2n) is 6.67. The van der Waals surface area contributed by atoms with Crippen LogP contribution in [0.2, 0.25) is 0 Å². The van der Waals surface area contributed by atoms with Crippen LogP contribution in [0.15, 0.2) is 18.2 Å². The van der Waals surface area contributed by atoms with Gasteiger partial charge in [-0.05, 0) is 43.4 Å². The lowest BCUT2D eigenvalue weighted by molar-refractivity contribution is -0.121. The number of nitrogens with zero attached hydrogens (tertiary/aromatic N) is 1. The second-order valence-corrected chi connectivity index (χ2v) is 7.70. The highest BCUT2D eigenvalue weighted by Gasteiger charge is 2.17. The van der Waals surface area contributed by atoms with Crippen LogP contribution < -0.4 is 10.6 Å². The molecular formula is C19H25N3O2S. The number of benzene rings is 1. The number of aryl methyl sites for hydroxylation is 1. The summed E-state index contributed by atoms with van der Waals surface area (Å²) >= 11 is 1.48. The average molecular weight is 359 g/mol. The van der Waals surface area contributed by atoms with Gasteiger partial charge in [0.15, 0.2) is 5.13 Å². The normalized spacial score (nSPS) is 14.8. The molecule has 134 valence electrons. The van der Waals surface area contributed by atoms with Crippen molar-refractivity contribution in [1.29, 1.82) is 0 Å². The first-order valence-electron chi connectivity index (χ1n) is 9.12. The van der Waals surface area contributed by atoms with Gasteiger partial charge in [-0.15, -0.1) is 0 Å². The van der Waals surface area contributed by atoms with Gasteiger partial charge in [0.1, 0.15) is 0 Å². The van der Waals surface area contributed by atoms with Crippen molar-refractivity contribution in [2.24, 2.45) is 0 Å². The van der Waals surface area contributed by atoms with Gasteiger partial charge in [0.25, 0.3) is 0 Å². The minimum absolute atomic E-state index is 0.00497. The van der Waals surface area contributed by atoms with Crippen LogP contribution >= 0.6 is 11.3 Å². The number of hydrogen-bond acceptors (Lipinski definition) is 4. The fraction of sp³-hybridized carbons (Fsp3) is 0.526. The zero-order chi connectivity index (χ0) is 17.6. The minimum atomic E-state index is 0.00497. The van der Waals surface area contributed by atoms with E-state index in [2.05, 4.69) is 21.7 Å². The summed E-state index contributed by atoms with van der Waals surface area (Å²) in [7, 11) is 0. The molecule has 1 saturated carbocycles. The molecule has 1 aromatic carbocycles. The van der Waals surface area contributed by atoms with Crippen LogP contribution in [0.5, 0.6) is 0 Å². The number of rotatable bonds is 7. The standard InChI is InChI=1S/C19H25N3O2S/c1-2-5-17(23)22-19-21-15-10-8-13(12-16(15)25-19)9-11-18(24)20-14-6-3-4-7-14/h8,10,12,14H,2-7,9,11H2,1H3,(H,20,24)(H,21,22,23). The van der Waals surface area contributed by atoms with Crippen LogP contribution in [-0.2, 0) is 16.0 Å². The third-order valence-electron chi connectivity index (χ3n) is 4.54. The van der Waals surface area contributed by atoms with Crippen LogP contribution in [0.4, 0.5) is 5.13 Å². The number of carbonyl (C=O) groups excluding carboxylic acids is 2. The molecule has 1 aliphatic rings. The third kappa shape index (κ3) is 5.01. The Hall–Kier alpha value is -1.95. The Labute approximate surface area is 152 Å². The Bertz CT molecular complexity index is 750. The molecule has 0 spiro atoms. The zero-order valence-electron chi connectivity index (χ0n) is 14.6. The lowest BCUT2D eigenvalue weighted by Gasteiger charge is -2.11. The van der Waals surface area contributed by atoms with Crippen molar-refractivity contribution in [2.75, 3.05) is 5.32 Å². The highest BCUT2D eigenvalue weighted by atomic mass is 32.1. The molecule has 2 amide bonds. The Morgan fingerprint density at radius 2 is 2.00 bits per heavy atom. The fourth-order valence-corrected chi connectivity index (χ4v) is 4.16. The van der Waals surface area contributed by atoms with E-state index in [4.69, 9.17) is 0 Å². The Kier molecular flexibility index (Phi) is 6.02. The molecule has 0 unspecified atom stereocenters. The maximum Gasteiger partial charge on any atom is 0.226 e. The molecule has 6 heteroatoms. The molecule has 5 nitrogen and oxygen atoms in total. The largest absolute Gasteiger partial charge is 0.353 e. The van der Waals surface area contributed by atoms with Crippen molar-refractivity contribution in [2.45, 2.75) is 64.3 Å². The Morgan fingerprint density at radius 1 is 1.20 bits per heavy atom. The number of nitrogens with one attached hydrogen (secondary N) is 2. The summed E-state index contributed by atoms with van der Waals surface area (Å²) < 4.78 is 1.04. The molecule has 1 fully saturated rings. The van der Waals surface area contributed by atoms with Crippen molar-refractivity contribution < 1.29 is 9.59 Å². The number of carbonyl (C=O) groups is 2. The monoisotopic (exact) mass is 359 g/mol. The predicted molar refractivity (Wildman–Crippen MR) is 102 cm³/mol. The summed E-state index contributed by atoms with van der Waals surface area (Å²) in [5.41, 5.74) is 2.01. The van der Waals surface area contributed by atoms with E-state index in [0.717, 1.165) is 41.5 Å². The van der Waals surface area contributed by atoms with E-state index in [-0.39, 0.29) is 11.8 Å². The van der Waals surface area contributed by atoms with Crippen molar-refractivity contribution in [3.63, 3.8) is 0 Å². The van der Waals surface area contributed by atoms with Crippen LogP contribution in [0.25, 0.3) is 10.2 Å². The maximum absolute atomic E-state index is 12.1. The van der Waals surface area contributed by atoms with Crippen LogP contribution in [0.3, 0.4) is 0 Å². The number of aromatic nitrogens is 1. The molecule has 0 radical (unpaired) electrons. The molecule has 0 bridgehead atoms. The molecule has 0 saturated heterocycles. The number of hydrogen-bond donors (Lipinski definition) is 2. The highest BCUT2D eigenvalue weighted by molar-refractivity contribution is 7.22. The molecule has 2 aromatic rings. The summed E-state index contributed by atoms with van der Waals surface area (Å²) in [5.74, 6) is 0.147. The van der Waals surface area contributed by atoms with Gasteiger partial charge >= 0.3 is 0 Å². The van der Waals surface area contributed by atoms with Gasteiger partial charge in [-0.3, -0.25) is 9.59 Å². The molecule has 2 N–H and O–H groups in total. The van der Waals surface area contributed by atoms with Crippen LogP contribution in [0.1, 0.15) is 57.4 Å². The molecule has 3 rings (SSSR count). The van der Waals surface area contributed by atoms with Gasteiger partial charge in [-0.1, -0.05) is 37.2 Å². The van der Waals surface area contributed by atoms with Gasteiger partial charge in [0.2, 0.25) is 11.8 Å². The maximum atomic E-state index is 12.1. The SMILES string of the molecule is CCCC(=O)Nc1nc2ccc(CCC(=O)NC3CCCC3)cc2s1.